The van der Waals surface area contributed by atoms with E-state index in [4.69, 9.17) is 0 Å². The van der Waals surface area contributed by atoms with Crippen molar-refractivity contribution in [3.8, 4) is 11.8 Å². The molecule has 0 nitrogen and oxygen atoms in total. The topological polar surface area (TPSA) is 0 Å². The second kappa shape index (κ2) is 2.66. The minimum atomic E-state index is 0.981. The second-order valence-corrected chi connectivity index (χ2v) is 3.57. The molecule has 1 saturated carbocycles. The van der Waals surface area contributed by atoms with Crippen molar-refractivity contribution in [3.05, 3.63) is 0 Å². The van der Waals surface area contributed by atoms with E-state index in [-0.39, 0.29) is 0 Å². The molecule has 0 aromatic heterocycles. The summed E-state index contributed by atoms with van der Waals surface area (Å²) in [7, 11) is 0. The Labute approximate surface area is 63.0 Å². The molecule has 1 fully saturated rings. The first-order valence-electron chi connectivity index (χ1n) is 4.42. The van der Waals surface area contributed by atoms with E-state index < -0.39 is 0 Å². The Bertz CT molecular complexity index is 152. The van der Waals surface area contributed by atoms with Gasteiger partial charge >= 0.3 is 0 Å². The highest BCUT2D eigenvalue weighted by molar-refractivity contribution is 5.07. The molecule has 0 aromatic carbocycles. The van der Waals surface area contributed by atoms with Gasteiger partial charge in [-0.2, -0.15) is 0 Å². The second-order valence-electron chi connectivity index (χ2n) is 3.57. The van der Waals surface area contributed by atoms with Crippen molar-refractivity contribution in [2.75, 3.05) is 0 Å². The van der Waals surface area contributed by atoms with Gasteiger partial charge in [0.25, 0.3) is 0 Å². The maximum Gasteiger partial charge on any atom is 0.0120 e. The zero-order valence-corrected chi connectivity index (χ0v) is 6.40. The molecule has 0 aromatic rings. The van der Waals surface area contributed by atoms with Gasteiger partial charge < -0.3 is 0 Å². The van der Waals surface area contributed by atoms with Crippen molar-refractivity contribution in [1.29, 1.82) is 0 Å². The van der Waals surface area contributed by atoms with E-state index in [1.807, 2.05) is 0 Å². The van der Waals surface area contributed by atoms with E-state index in [0.717, 1.165) is 11.8 Å². The van der Waals surface area contributed by atoms with Gasteiger partial charge in [0.05, 0.1) is 0 Å². The molecule has 0 bridgehead atoms. The molecule has 0 heterocycles. The number of hydrogen-bond acceptors (Lipinski definition) is 0. The van der Waals surface area contributed by atoms with Crippen LogP contribution in [0.25, 0.3) is 0 Å². The zero-order valence-electron chi connectivity index (χ0n) is 6.40. The van der Waals surface area contributed by atoms with Crippen molar-refractivity contribution in [1.82, 2.24) is 0 Å². The molecule has 0 spiro atoms. The Kier molecular flexibility index (Phi) is 1.67. The van der Waals surface area contributed by atoms with Crippen molar-refractivity contribution < 1.29 is 0 Å². The van der Waals surface area contributed by atoms with E-state index in [9.17, 15) is 0 Å². The molecule has 0 heteroatoms. The van der Waals surface area contributed by atoms with Crippen LogP contribution in [0.5, 0.6) is 0 Å². The fourth-order valence-corrected chi connectivity index (χ4v) is 2.23. The molecule has 10 heavy (non-hydrogen) atoms. The van der Waals surface area contributed by atoms with Gasteiger partial charge in [-0.25, -0.2) is 0 Å². The highest BCUT2D eigenvalue weighted by atomic mass is 14.3. The van der Waals surface area contributed by atoms with Crippen LogP contribution in [0.2, 0.25) is 0 Å². The lowest BCUT2D eigenvalue weighted by Crippen LogP contribution is -2.20. The minimum absolute atomic E-state index is 0.981. The average Bonchev–Trinajstić information content (AvgIpc) is 2.05. The summed E-state index contributed by atoms with van der Waals surface area (Å²) in [6, 6.07) is 0. The molecule has 0 aliphatic heterocycles. The smallest absolute Gasteiger partial charge is 0.0120 e. The lowest BCUT2D eigenvalue weighted by Gasteiger charge is -2.30. The normalized spacial score (nSPS) is 37.6. The highest BCUT2D eigenvalue weighted by Crippen LogP contribution is 2.35. The van der Waals surface area contributed by atoms with E-state index >= 15 is 0 Å². The first-order chi connectivity index (χ1) is 4.97. The molecular formula is C10H14. The summed E-state index contributed by atoms with van der Waals surface area (Å²) in [6.45, 7) is 0. The Morgan fingerprint density at radius 1 is 0.800 bits per heavy atom. The van der Waals surface area contributed by atoms with Gasteiger partial charge in [-0.05, 0) is 24.7 Å². The van der Waals surface area contributed by atoms with Crippen molar-refractivity contribution >= 4 is 0 Å². The first kappa shape index (κ1) is 6.28. The van der Waals surface area contributed by atoms with Crippen LogP contribution >= 0.6 is 0 Å². The third-order valence-electron chi connectivity index (χ3n) is 2.92. The summed E-state index contributed by atoms with van der Waals surface area (Å²) in [6.07, 6.45) is 8.24. The van der Waals surface area contributed by atoms with Crippen LogP contribution in [0.15, 0.2) is 0 Å². The lowest BCUT2D eigenvalue weighted by molar-refractivity contribution is 0.240. The fraction of sp³-hybridized carbons (Fsp3) is 0.800. The summed E-state index contributed by atoms with van der Waals surface area (Å²) in [5, 5.41) is 0. The number of hydrogen-bond donors (Lipinski definition) is 0. The predicted octanol–water partition coefficient (Wildman–Crippen LogP) is 2.59. The Morgan fingerprint density at radius 2 is 1.30 bits per heavy atom. The summed E-state index contributed by atoms with van der Waals surface area (Å²) in [5.41, 5.74) is 0. The monoisotopic (exact) mass is 134 g/mol. The van der Waals surface area contributed by atoms with Gasteiger partial charge in [0.15, 0.2) is 0 Å². The summed E-state index contributed by atoms with van der Waals surface area (Å²) < 4.78 is 0. The Balaban J connectivity index is 2.04. The fourth-order valence-electron chi connectivity index (χ4n) is 2.23. The van der Waals surface area contributed by atoms with Gasteiger partial charge in [-0.15, -0.1) is 11.8 Å². The largest absolute Gasteiger partial charge is 0.103 e. The molecule has 0 saturated heterocycles. The minimum Gasteiger partial charge on any atom is -0.103 e. The molecule has 0 radical (unpaired) electrons. The predicted molar refractivity (Wildman–Crippen MR) is 42.5 cm³/mol. The van der Waals surface area contributed by atoms with Gasteiger partial charge in [0.2, 0.25) is 0 Å². The molecule has 2 unspecified atom stereocenters. The van der Waals surface area contributed by atoms with Gasteiger partial charge in [-0.1, -0.05) is 12.8 Å². The standard InChI is InChI=1S/C10H14/c1-2-6-10-8-4-3-7-9(10)5-1/h9-10H,1-2,5-8H2. The zero-order chi connectivity index (χ0) is 6.81. The third kappa shape index (κ3) is 1.06. The number of fused-ring (bicyclic) bond motifs is 1. The molecule has 2 rings (SSSR count). The number of rotatable bonds is 0. The van der Waals surface area contributed by atoms with E-state index in [1.54, 1.807) is 0 Å². The maximum absolute atomic E-state index is 3.23. The van der Waals surface area contributed by atoms with Crippen LogP contribution < -0.4 is 0 Å². The van der Waals surface area contributed by atoms with Crippen LogP contribution in [0.4, 0.5) is 0 Å². The molecule has 2 aliphatic rings. The van der Waals surface area contributed by atoms with E-state index in [0.29, 0.717) is 0 Å². The first-order valence-corrected chi connectivity index (χ1v) is 4.42. The average molecular weight is 134 g/mol. The van der Waals surface area contributed by atoms with Crippen molar-refractivity contribution in [2.24, 2.45) is 11.8 Å². The highest BCUT2D eigenvalue weighted by Gasteiger charge is 2.24. The quantitative estimate of drug-likeness (QED) is 0.447. The maximum atomic E-state index is 3.23. The van der Waals surface area contributed by atoms with Gasteiger partial charge in [-0.3, -0.25) is 0 Å². The van der Waals surface area contributed by atoms with Gasteiger partial charge in [0, 0.05) is 12.8 Å². The van der Waals surface area contributed by atoms with Crippen LogP contribution in [-0.4, -0.2) is 0 Å². The van der Waals surface area contributed by atoms with Crippen LogP contribution in [0.3, 0.4) is 0 Å². The molecule has 2 aliphatic carbocycles. The van der Waals surface area contributed by atoms with Crippen LogP contribution in [0, 0.1) is 23.7 Å². The van der Waals surface area contributed by atoms with Crippen LogP contribution in [-0.2, 0) is 0 Å². The van der Waals surface area contributed by atoms with E-state index in [2.05, 4.69) is 11.8 Å². The molecule has 0 amide bonds. The Hall–Kier alpha value is -0.440. The van der Waals surface area contributed by atoms with Crippen LogP contribution in [0.1, 0.15) is 38.5 Å². The summed E-state index contributed by atoms with van der Waals surface area (Å²) in [5.74, 6) is 8.43. The molecule has 54 valence electrons. The lowest BCUT2D eigenvalue weighted by atomic mass is 9.74. The molecule has 0 N–H and O–H groups in total. The molecular weight excluding hydrogens is 120 g/mol. The SMILES string of the molecule is C1#CCC2CCCCC2C1. The van der Waals surface area contributed by atoms with E-state index in [1.165, 1.54) is 38.5 Å². The van der Waals surface area contributed by atoms with Crippen molar-refractivity contribution in [3.63, 3.8) is 0 Å². The third-order valence-corrected chi connectivity index (χ3v) is 2.92. The molecule has 2 atom stereocenters. The Morgan fingerprint density at radius 3 is 1.80 bits per heavy atom. The summed E-state index contributed by atoms with van der Waals surface area (Å²) >= 11 is 0. The summed E-state index contributed by atoms with van der Waals surface area (Å²) in [4.78, 5) is 0. The van der Waals surface area contributed by atoms with Gasteiger partial charge in [0.1, 0.15) is 0 Å². The van der Waals surface area contributed by atoms with Crippen molar-refractivity contribution in [2.45, 2.75) is 38.5 Å².